The SMILES string of the molecule is CCOC(=O)[C@@H](NC(=O)OCC[Si](C)(C)C)[C@@H]([C@H]1CN(c2ccc3c(c2)c(CC(C)(C)COC(C)=O)c(-c2cc(N4CCN(C5CC5)CC4)cnc2[C@H](C)OC)n3CC)CCO1)N1CC[C@H](N(C)C(=O)OC(C)(C)C)C1. The lowest BCUT2D eigenvalue weighted by Crippen LogP contribution is -2.64. The lowest BCUT2D eigenvalue weighted by atomic mass is 9.84. The van der Waals surface area contributed by atoms with E-state index in [9.17, 15) is 19.2 Å². The Labute approximate surface area is 453 Å². The highest BCUT2D eigenvalue weighted by Gasteiger charge is 2.46. The van der Waals surface area contributed by atoms with Crippen LogP contribution in [0.2, 0.25) is 25.7 Å². The molecule has 7 rings (SSSR count). The van der Waals surface area contributed by atoms with Crippen LogP contribution >= 0.6 is 0 Å². The number of carbonyl (C=O) groups excluding carboxylic acids is 4. The van der Waals surface area contributed by atoms with Gasteiger partial charge in [0.15, 0.2) is 0 Å². The molecule has 1 aliphatic carbocycles. The summed E-state index contributed by atoms with van der Waals surface area (Å²) in [6.07, 6.45) is 3.79. The van der Waals surface area contributed by atoms with Gasteiger partial charge in [-0.25, -0.2) is 14.4 Å². The van der Waals surface area contributed by atoms with Gasteiger partial charge in [0.25, 0.3) is 0 Å². The Morgan fingerprint density at radius 2 is 1.63 bits per heavy atom. The van der Waals surface area contributed by atoms with E-state index in [1.807, 2.05) is 33.9 Å². The summed E-state index contributed by atoms with van der Waals surface area (Å²) >= 11 is 0. The lowest BCUT2D eigenvalue weighted by molar-refractivity contribution is -0.150. The highest BCUT2D eigenvalue weighted by molar-refractivity contribution is 6.76. The maximum Gasteiger partial charge on any atom is 0.410 e. The standard InChI is InChI=1S/C57H90N8O10Si/c1-15-65-47-20-19-41(31-44(47)46(33-57(8,9)37-74-39(4)66)51(65)45-32-43(34-58-49(45)38(3)70-11)62-25-23-61(24-26-62)40-17-18-40)63-27-28-72-48(36-63)52(64-22-21-42(35-64)60(10)55(69)75-56(5,6)7)50(53(67)71-16-2)59-54(68)73-29-30-76(12,13)14/h19-20,31-32,34,38,40,42,48,50,52H,15-18,21-30,33,35-37H2,1-14H3,(H,59,68)/t38-,42-,48+,50-,52+/m0/s1. The number of aryl methyl sites for hydroxylation is 1. The number of likely N-dealkylation sites (tertiary alicyclic amines) is 1. The number of benzene rings is 1. The number of morpholine rings is 1. The number of alkyl carbamates (subject to hydrolysis) is 1. The van der Waals surface area contributed by atoms with Crippen molar-refractivity contribution in [2.45, 2.75) is 162 Å². The first-order chi connectivity index (χ1) is 35.9. The molecule has 3 aliphatic heterocycles. The molecule has 19 heteroatoms. The summed E-state index contributed by atoms with van der Waals surface area (Å²) in [5, 5.41) is 4.02. The monoisotopic (exact) mass is 1070 g/mol. The summed E-state index contributed by atoms with van der Waals surface area (Å²) in [5.74, 6) is -0.906. The Hall–Kier alpha value is -4.95. The van der Waals surface area contributed by atoms with Crippen LogP contribution in [-0.4, -0.2) is 185 Å². The van der Waals surface area contributed by atoms with Gasteiger partial charge in [-0.2, -0.15) is 0 Å². The summed E-state index contributed by atoms with van der Waals surface area (Å²) in [4.78, 5) is 70.0. The number of hydrogen-bond donors (Lipinski definition) is 1. The minimum atomic E-state index is -1.54. The number of amides is 2. The molecule has 18 nitrogen and oxygen atoms in total. The number of methoxy groups -OCH3 is 1. The van der Waals surface area contributed by atoms with Crippen LogP contribution in [-0.2, 0) is 51.0 Å². The number of likely N-dealkylation sites (N-methyl/N-ethyl adjacent to an activating group) is 1. The summed E-state index contributed by atoms with van der Waals surface area (Å²) < 4.78 is 38.1. The maximum absolute atomic E-state index is 14.3. The number of aromatic nitrogens is 2. The van der Waals surface area contributed by atoms with Gasteiger partial charge >= 0.3 is 24.1 Å². The molecule has 5 heterocycles. The van der Waals surface area contributed by atoms with E-state index in [0.29, 0.717) is 52.2 Å². The predicted molar refractivity (Wildman–Crippen MR) is 300 cm³/mol. The Bertz CT molecular complexity index is 2500. The van der Waals surface area contributed by atoms with Gasteiger partial charge in [-0.15, -0.1) is 0 Å². The molecule has 0 radical (unpaired) electrons. The molecular weight excluding hydrogens is 985 g/mol. The van der Waals surface area contributed by atoms with Crippen molar-refractivity contribution in [2.24, 2.45) is 5.41 Å². The number of nitrogens with zero attached hydrogens (tertiary/aromatic N) is 7. The number of piperazine rings is 1. The zero-order valence-corrected chi connectivity index (χ0v) is 49.3. The lowest BCUT2D eigenvalue weighted by Gasteiger charge is -2.43. The normalized spacial score (nSPS) is 20.3. The number of nitrogens with one attached hydrogen (secondary N) is 1. The number of esters is 2. The molecule has 0 unspecified atom stereocenters. The van der Waals surface area contributed by atoms with Crippen molar-refractivity contribution in [2.75, 3.05) is 103 Å². The third-order valence-electron chi connectivity index (χ3n) is 15.4. The number of carbonyl (C=O) groups is 4. The third-order valence-corrected chi connectivity index (χ3v) is 17.1. The van der Waals surface area contributed by atoms with Crippen LogP contribution in [0.3, 0.4) is 0 Å². The van der Waals surface area contributed by atoms with E-state index in [2.05, 4.69) is 94.2 Å². The van der Waals surface area contributed by atoms with Crippen LogP contribution in [0.15, 0.2) is 30.5 Å². The Morgan fingerprint density at radius 3 is 2.26 bits per heavy atom. The molecule has 1 aromatic carbocycles. The van der Waals surface area contributed by atoms with E-state index < -0.39 is 55.4 Å². The van der Waals surface area contributed by atoms with Crippen molar-refractivity contribution in [3.8, 4) is 11.3 Å². The van der Waals surface area contributed by atoms with Crippen LogP contribution in [0.25, 0.3) is 22.2 Å². The van der Waals surface area contributed by atoms with E-state index in [1.54, 1.807) is 26.0 Å². The largest absolute Gasteiger partial charge is 0.465 e. The maximum atomic E-state index is 14.3. The quantitative estimate of drug-likeness (QED) is 0.0613. The van der Waals surface area contributed by atoms with Gasteiger partial charge < -0.3 is 53.0 Å². The van der Waals surface area contributed by atoms with Gasteiger partial charge in [-0.1, -0.05) is 33.5 Å². The van der Waals surface area contributed by atoms with Gasteiger partial charge in [0.1, 0.15) is 11.6 Å². The first kappa shape index (κ1) is 58.7. The first-order valence-electron chi connectivity index (χ1n) is 27.9. The molecule has 1 saturated carbocycles. The zero-order chi connectivity index (χ0) is 55.3. The van der Waals surface area contributed by atoms with Crippen LogP contribution in [0.1, 0.15) is 98.9 Å². The van der Waals surface area contributed by atoms with Gasteiger partial charge in [-0.3, -0.25) is 19.6 Å². The van der Waals surface area contributed by atoms with Crippen LogP contribution < -0.4 is 15.1 Å². The van der Waals surface area contributed by atoms with Gasteiger partial charge in [0.2, 0.25) is 0 Å². The van der Waals surface area contributed by atoms with Gasteiger partial charge in [-0.05, 0) is 103 Å². The minimum absolute atomic E-state index is 0.110. The fraction of sp³-hybridized carbons (Fsp3) is 0.702. The van der Waals surface area contributed by atoms with Crippen LogP contribution in [0.4, 0.5) is 21.0 Å². The van der Waals surface area contributed by atoms with Crippen LogP contribution in [0, 0.1) is 5.41 Å². The topological polar surface area (TPSA) is 170 Å². The molecule has 0 spiro atoms. The first-order valence-corrected chi connectivity index (χ1v) is 31.6. The fourth-order valence-electron chi connectivity index (χ4n) is 11.0. The molecule has 76 heavy (non-hydrogen) atoms. The van der Waals surface area contributed by atoms with E-state index in [0.717, 1.165) is 83.1 Å². The van der Waals surface area contributed by atoms with Crippen molar-refractivity contribution < 1.29 is 47.6 Å². The Morgan fingerprint density at radius 1 is 0.908 bits per heavy atom. The molecular formula is C57H90N8O10Si. The second kappa shape index (κ2) is 24.8. The van der Waals surface area contributed by atoms with E-state index >= 15 is 0 Å². The second-order valence-corrected chi connectivity index (χ2v) is 30.0. The molecule has 4 aliphatic rings. The van der Waals surface area contributed by atoms with E-state index in [1.165, 1.54) is 19.8 Å². The number of fused-ring (bicyclic) bond motifs is 1. The summed E-state index contributed by atoms with van der Waals surface area (Å²) in [7, 11) is 1.93. The summed E-state index contributed by atoms with van der Waals surface area (Å²) in [6, 6.07) is 8.36. The molecule has 2 amide bonds. The smallest absolute Gasteiger partial charge is 0.410 e. The molecule has 1 N–H and O–H groups in total. The third kappa shape index (κ3) is 14.8. The Balaban J connectivity index is 1.29. The average Bonchev–Trinajstić information content (AvgIpc) is 4.07. The molecule has 3 aromatic rings. The second-order valence-electron chi connectivity index (χ2n) is 24.3. The van der Waals surface area contributed by atoms with Gasteiger partial charge in [0, 0.05) is 128 Å². The minimum Gasteiger partial charge on any atom is -0.465 e. The van der Waals surface area contributed by atoms with Crippen molar-refractivity contribution in [1.29, 1.82) is 0 Å². The Kier molecular flexibility index (Phi) is 19.2. The number of ether oxygens (including phenoxy) is 6. The number of hydrogen-bond acceptors (Lipinski definition) is 15. The molecule has 422 valence electrons. The predicted octanol–water partition coefficient (Wildman–Crippen LogP) is 8.36. The average molecular weight is 1080 g/mol. The van der Waals surface area contributed by atoms with Crippen molar-refractivity contribution in [3.05, 3.63) is 41.7 Å². The van der Waals surface area contributed by atoms with Crippen molar-refractivity contribution in [1.82, 2.24) is 29.6 Å². The highest BCUT2D eigenvalue weighted by Crippen LogP contribution is 2.43. The fourth-order valence-corrected chi connectivity index (χ4v) is 11.8. The number of pyridine rings is 1. The van der Waals surface area contributed by atoms with Crippen LogP contribution in [0.5, 0.6) is 0 Å². The van der Waals surface area contributed by atoms with Crippen molar-refractivity contribution >= 4 is 54.5 Å². The van der Waals surface area contributed by atoms with Crippen molar-refractivity contribution in [3.63, 3.8) is 0 Å². The zero-order valence-electron chi connectivity index (χ0n) is 48.3. The summed E-state index contributed by atoms with van der Waals surface area (Å²) in [6.45, 7) is 31.3. The molecule has 5 atom stereocenters. The molecule has 3 saturated heterocycles. The van der Waals surface area contributed by atoms with E-state index in [4.69, 9.17) is 33.4 Å². The van der Waals surface area contributed by atoms with E-state index in [-0.39, 0.29) is 37.9 Å². The summed E-state index contributed by atoms with van der Waals surface area (Å²) in [5.41, 5.74) is 6.05. The molecule has 0 bridgehead atoms. The molecule has 4 fully saturated rings. The van der Waals surface area contributed by atoms with Gasteiger partial charge in [0.05, 0.1) is 67.9 Å². The number of anilines is 2. The highest BCUT2D eigenvalue weighted by atomic mass is 28.3. The number of rotatable bonds is 21. The molecule has 2 aromatic heterocycles.